The predicted octanol–water partition coefficient (Wildman–Crippen LogP) is 2.97. The van der Waals surface area contributed by atoms with Crippen LogP contribution in [-0.4, -0.2) is 58.3 Å². The molecule has 1 fully saturated rings. The number of hydrogen-bond acceptors (Lipinski definition) is 6. The maximum absolute atomic E-state index is 10.8. The summed E-state index contributed by atoms with van der Waals surface area (Å²) in [6.07, 6.45) is 3.63. The van der Waals surface area contributed by atoms with E-state index in [1.807, 2.05) is 35.1 Å². The first kappa shape index (κ1) is 19.9. The fourth-order valence-electron chi connectivity index (χ4n) is 4.22. The third-order valence-corrected chi connectivity index (χ3v) is 5.90. The summed E-state index contributed by atoms with van der Waals surface area (Å²) in [4.78, 5) is 2.28. The number of rotatable bonds is 5. The Bertz CT molecular complexity index is 1040. The molecular weight excluding hydrogens is 394 g/mol. The highest BCUT2D eigenvalue weighted by Gasteiger charge is 2.31. The molecule has 2 aliphatic heterocycles. The Morgan fingerprint density at radius 1 is 1.16 bits per heavy atom. The summed E-state index contributed by atoms with van der Waals surface area (Å²) in [6.45, 7) is 5.39. The first-order valence-electron chi connectivity index (χ1n) is 10.7. The first-order chi connectivity index (χ1) is 15.2. The number of piperidine rings is 1. The van der Waals surface area contributed by atoms with Gasteiger partial charge in [-0.25, -0.2) is 4.68 Å². The van der Waals surface area contributed by atoms with Crippen LogP contribution in [0.5, 0.6) is 17.2 Å². The van der Waals surface area contributed by atoms with Gasteiger partial charge in [0.1, 0.15) is 25.4 Å². The summed E-state index contributed by atoms with van der Waals surface area (Å²) in [5.41, 5.74) is 3.52. The van der Waals surface area contributed by atoms with Gasteiger partial charge in [-0.2, -0.15) is 5.10 Å². The number of hydrogen-bond donors (Lipinski definition) is 1. The zero-order chi connectivity index (χ0) is 21.2. The van der Waals surface area contributed by atoms with Gasteiger partial charge in [-0.1, -0.05) is 12.1 Å². The summed E-state index contributed by atoms with van der Waals surface area (Å²) < 4.78 is 19.4. The van der Waals surface area contributed by atoms with Gasteiger partial charge in [0, 0.05) is 32.0 Å². The Kier molecular flexibility index (Phi) is 5.53. The van der Waals surface area contributed by atoms with Crippen molar-refractivity contribution in [2.75, 3.05) is 26.3 Å². The van der Waals surface area contributed by atoms with E-state index < -0.39 is 6.10 Å². The van der Waals surface area contributed by atoms with Gasteiger partial charge in [-0.05, 0) is 54.8 Å². The van der Waals surface area contributed by atoms with E-state index in [2.05, 4.69) is 35.1 Å². The maximum atomic E-state index is 10.8. The molecule has 0 amide bonds. The lowest BCUT2D eigenvalue weighted by Crippen LogP contribution is -2.48. The number of fused-ring (bicyclic) bond motifs is 1. The lowest BCUT2D eigenvalue weighted by atomic mass is 10.0. The summed E-state index contributed by atoms with van der Waals surface area (Å²) in [5, 5.41) is 15.1. The van der Waals surface area contributed by atoms with Crippen LogP contribution in [0.4, 0.5) is 0 Å². The van der Waals surface area contributed by atoms with Gasteiger partial charge in [0.15, 0.2) is 11.5 Å². The Morgan fingerprint density at radius 3 is 2.87 bits per heavy atom. The largest absolute Gasteiger partial charge is 0.486 e. The molecule has 0 spiro atoms. The van der Waals surface area contributed by atoms with Crippen molar-refractivity contribution < 1.29 is 19.3 Å². The van der Waals surface area contributed by atoms with Crippen LogP contribution in [0, 0.1) is 6.92 Å². The smallest absolute Gasteiger partial charge is 0.203 e. The second-order valence-corrected chi connectivity index (χ2v) is 8.09. The molecule has 7 heteroatoms. The second kappa shape index (κ2) is 8.61. The van der Waals surface area contributed by atoms with Gasteiger partial charge < -0.3 is 19.3 Å². The number of aliphatic hydroxyl groups is 1. The third-order valence-electron chi connectivity index (χ3n) is 5.90. The van der Waals surface area contributed by atoms with E-state index in [4.69, 9.17) is 14.2 Å². The quantitative estimate of drug-likeness (QED) is 0.683. The van der Waals surface area contributed by atoms with Crippen LogP contribution in [0.15, 0.2) is 54.9 Å². The van der Waals surface area contributed by atoms with Crippen LogP contribution < -0.4 is 14.2 Å². The second-order valence-electron chi connectivity index (χ2n) is 8.09. The zero-order valence-corrected chi connectivity index (χ0v) is 17.6. The normalized spacial score (nSPS) is 21.1. The molecule has 1 aromatic heterocycles. The topological polar surface area (TPSA) is 69.0 Å². The average molecular weight is 421 g/mol. The van der Waals surface area contributed by atoms with E-state index in [-0.39, 0.29) is 6.10 Å². The number of ether oxygens (including phenoxy) is 3. The molecule has 5 rings (SSSR count). The van der Waals surface area contributed by atoms with E-state index >= 15 is 0 Å². The van der Waals surface area contributed by atoms with Crippen molar-refractivity contribution in [1.29, 1.82) is 0 Å². The molecule has 162 valence electrons. The summed E-state index contributed by atoms with van der Waals surface area (Å²) in [7, 11) is 0. The number of aliphatic hydroxyl groups excluding tert-OH is 1. The number of aryl methyl sites for hydroxylation is 1. The molecule has 1 N–H and O–H groups in total. The van der Waals surface area contributed by atoms with Crippen molar-refractivity contribution in [3.05, 3.63) is 66.0 Å². The van der Waals surface area contributed by atoms with E-state index in [9.17, 15) is 5.11 Å². The van der Waals surface area contributed by atoms with Gasteiger partial charge in [-0.3, -0.25) is 4.90 Å². The molecule has 2 aliphatic rings. The molecule has 7 nitrogen and oxygen atoms in total. The third kappa shape index (κ3) is 4.24. The fourth-order valence-corrected chi connectivity index (χ4v) is 4.22. The number of aromatic nitrogens is 2. The van der Waals surface area contributed by atoms with Crippen LogP contribution >= 0.6 is 0 Å². The summed E-state index contributed by atoms with van der Waals surface area (Å²) >= 11 is 0. The summed E-state index contributed by atoms with van der Waals surface area (Å²) in [5.74, 6) is 1.97. The number of benzene rings is 2. The minimum atomic E-state index is -0.572. The molecule has 0 aliphatic carbocycles. The van der Waals surface area contributed by atoms with E-state index in [1.165, 1.54) is 11.1 Å². The van der Waals surface area contributed by atoms with Gasteiger partial charge >= 0.3 is 0 Å². The Morgan fingerprint density at radius 2 is 2.06 bits per heavy atom. The highest BCUT2D eigenvalue weighted by atomic mass is 16.6. The lowest BCUT2D eigenvalue weighted by Gasteiger charge is -2.36. The molecule has 2 aromatic carbocycles. The molecular formula is C24H27N3O4. The van der Waals surface area contributed by atoms with Gasteiger partial charge in [-0.15, -0.1) is 0 Å². The Balaban J connectivity index is 1.22. The van der Waals surface area contributed by atoms with E-state index in [0.29, 0.717) is 37.0 Å². The first-order valence-corrected chi connectivity index (χ1v) is 10.7. The Labute approximate surface area is 181 Å². The molecule has 31 heavy (non-hydrogen) atoms. The molecule has 0 radical (unpaired) electrons. The van der Waals surface area contributed by atoms with Crippen LogP contribution in [-0.2, 0) is 6.54 Å². The zero-order valence-electron chi connectivity index (χ0n) is 17.6. The number of para-hydroxylation sites is 1. The SMILES string of the molecule is Cc1cc(-n2cccn2)ccc1CN1CC[C@@H](Oc2cccc3c2OCCO3)[C@H](O)C1. The van der Waals surface area contributed by atoms with Crippen molar-refractivity contribution in [3.63, 3.8) is 0 Å². The van der Waals surface area contributed by atoms with Gasteiger partial charge in [0.05, 0.1) is 5.69 Å². The summed E-state index contributed by atoms with van der Waals surface area (Å²) in [6, 6.07) is 13.9. The van der Waals surface area contributed by atoms with Crippen molar-refractivity contribution in [1.82, 2.24) is 14.7 Å². The van der Waals surface area contributed by atoms with E-state index in [1.54, 1.807) is 6.20 Å². The fraction of sp³-hybridized carbons (Fsp3) is 0.375. The van der Waals surface area contributed by atoms with Crippen LogP contribution in [0.25, 0.3) is 5.69 Å². The van der Waals surface area contributed by atoms with Crippen molar-refractivity contribution in [3.8, 4) is 22.9 Å². The molecule has 0 saturated carbocycles. The highest BCUT2D eigenvalue weighted by Crippen LogP contribution is 2.40. The lowest BCUT2D eigenvalue weighted by molar-refractivity contribution is -0.0290. The molecule has 1 saturated heterocycles. The van der Waals surface area contributed by atoms with Crippen LogP contribution in [0.1, 0.15) is 17.5 Å². The Hall–Kier alpha value is -3.03. The number of β-amino-alcohol motifs (C(OH)–C–C–N with tert-alkyl or cyclic N) is 1. The number of likely N-dealkylation sites (tertiary alicyclic amines) is 1. The van der Waals surface area contributed by atoms with Crippen LogP contribution in [0.3, 0.4) is 0 Å². The van der Waals surface area contributed by atoms with Crippen molar-refractivity contribution in [2.24, 2.45) is 0 Å². The average Bonchev–Trinajstić information content (AvgIpc) is 3.32. The minimum absolute atomic E-state index is 0.267. The molecule has 3 heterocycles. The van der Waals surface area contributed by atoms with Gasteiger partial charge in [0.2, 0.25) is 5.75 Å². The monoisotopic (exact) mass is 421 g/mol. The van der Waals surface area contributed by atoms with Gasteiger partial charge in [0.25, 0.3) is 0 Å². The van der Waals surface area contributed by atoms with Crippen molar-refractivity contribution in [2.45, 2.75) is 32.1 Å². The highest BCUT2D eigenvalue weighted by molar-refractivity contribution is 5.52. The molecule has 2 atom stereocenters. The predicted molar refractivity (Wildman–Crippen MR) is 116 cm³/mol. The number of nitrogens with zero attached hydrogens (tertiary/aromatic N) is 3. The molecule has 3 aromatic rings. The van der Waals surface area contributed by atoms with Crippen molar-refractivity contribution >= 4 is 0 Å². The standard InChI is InChI=1S/C24H27N3O4/c1-17-14-19(27-10-3-9-25-27)7-6-18(17)15-26-11-8-21(20(28)16-26)31-23-5-2-4-22-24(23)30-13-12-29-22/h2-7,9-10,14,20-21,28H,8,11-13,15-16H2,1H3/t20-,21-/m1/s1. The molecule has 0 bridgehead atoms. The molecule has 0 unspecified atom stereocenters. The maximum Gasteiger partial charge on any atom is 0.203 e. The van der Waals surface area contributed by atoms with Crippen LogP contribution in [0.2, 0.25) is 0 Å². The van der Waals surface area contributed by atoms with E-state index in [0.717, 1.165) is 25.2 Å². The minimum Gasteiger partial charge on any atom is -0.486 e.